The summed E-state index contributed by atoms with van der Waals surface area (Å²) < 4.78 is 41.5. The lowest BCUT2D eigenvalue weighted by Crippen LogP contribution is -2.24. The van der Waals surface area contributed by atoms with E-state index in [9.17, 15) is 18.0 Å². The van der Waals surface area contributed by atoms with Crippen LogP contribution in [0.3, 0.4) is 0 Å². The number of carbonyl (C=O) groups excluding carboxylic acids is 1. The van der Waals surface area contributed by atoms with Crippen molar-refractivity contribution in [3.05, 3.63) is 41.5 Å². The number of aromatic nitrogens is 2. The average molecular weight is 356 g/mol. The van der Waals surface area contributed by atoms with E-state index in [1.165, 1.54) is 0 Å². The van der Waals surface area contributed by atoms with E-state index in [2.05, 4.69) is 14.7 Å². The van der Waals surface area contributed by atoms with Gasteiger partial charge in [-0.05, 0) is 24.5 Å². The molecule has 25 heavy (non-hydrogen) atoms. The zero-order chi connectivity index (χ0) is 18.6. The maximum atomic E-state index is 12.4. The molecule has 0 spiro atoms. The molecule has 1 heterocycles. The smallest absolute Gasteiger partial charge is 0.377 e. The predicted octanol–water partition coefficient (Wildman–Crippen LogP) is 2.75. The van der Waals surface area contributed by atoms with E-state index in [-0.39, 0.29) is 12.2 Å². The van der Waals surface area contributed by atoms with E-state index in [0.717, 1.165) is 11.3 Å². The van der Waals surface area contributed by atoms with Crippen molar-refractivity contribution in [3.63, 3.8) is 0 Å². The molecule has 136 valence electrons. The summed E-state index contributed by atoms with van der Waals surface area (Å²) in [5.41, 5.74) is 7.17. The van der Waals surface area contributed by atoms with Gasteiger partial charge in [-0.1, -0.05) is 23.4 Å². The van der Waals surface area contributed by atoms with Crippen molar-refractivity contribution in [2.45, 2.75) is 31.4 Å². The van der Waals surface area contributed by atoms with Crippen LogP contribution in [0.15, 0.2) is 28.8 Å². The first kappa shape index (κ1) is 18.8. The van der Waals surface area contributed by atoms with Gasteiger partial charge in [-0.3, -0.25) is 4.79 Å². The predicted molar refractivity (Wildman–Crippen MR) is 84.9 cm³/mol. The van der Waals surface area contributed by atoms with Crippen molar-refractivity contribution in [1.29, 1.82) is 0 Å². The molecule has 1 aromatic heterocycles. The zero-order valence-corrected chi connectivity index (χ0v) is 13.9. The Hall–Kier alpha value is -2.58. The molecule has 2 N–H and O–H groups in total. The Kier molecular flexibility index (Phi) is 5.66. The molecule has 1 aromatic carbocycles. The second kappa shape index (κ2) is 7.54. The standard InChI is InChI=1S/C16H19F3N4O2/c1-23(2)12-8-4-3-6-10(12)11(14(20)24)7-5-9-13-21-15(25-22-13)16(17,18)19/h3-4,6,8,11H,5,7,9H2,1-2H3,(H2,20,24). The van der Waals surface area contributed by atoms with E-state index in [1.807, 2.05) is 43.3 Å². The highest BCUT2D eigenvalue weighted by Gasteiger charge is 2.38. The highest BCUT2D eigenvalue weighted by Crippen LogP contribution is 2.31. The fourth-order valence-corrected chi connectivity index (χ4v) is 2.58. The van der Waals surface area contributed by atoms with Gasteiger partial charge in [-0.25, -0.2) is 0 Å². The van der Waals surface area contributed by atoms with Crippen LogP contribution < -0.4 is 10.6 Å². The van der Waals surface area contributed by atoms with Crippen molar-refractivity contribution >= 4 is 11.6 Å². The Morgan fingerprint density at radius 1 is 1.32 bits per heavy atom. The van der Waals surface area contributed by atoms with Crippen LogP contribution in [0.25, 0.3) is 0 Å². The quantitative estimate of drug-likeness (QED) is 0.824. The Bertz CT molecular complexity index is 728. The molecule has 0 aliphatic rings. The van der Waals surface area contributed by atoms with Crippen molar-refractivity contribution in [3.8, 4) is 0 Å². The molecular formula is C16H19F3N4O2. The van der Waals surface area contributed by atoms with Crippen molar-refractivity contribution in [2.24, 2.45) is 5.73 Å². The van der Waals surface area contributed by atoms with Gasteiger partial charge in [0.15, 0.2) is 5.82 Å². The first-order valence-corrected chi connectivity index (χ1v) is 7.65. The monoisotopic (exact) mass is 356 g/mol. The molecule has 0 saturated carbocycles. The number of benzene rings is 1. The molecule has 6 nitrogen and oxygen atoms in total. The molecule has 0 fully saturated rings. The van der Waals surface area contributed by atoms with Gasteiger partial charge >= 0.3 is 12.1 Å². The van der Waals surface area contributed by atoms with Gasteiger partial charge in [-0.2, -0.15) is 18.2 Å². The Balaban J connectivity index is 2.06. The van der Waals surface area contributed by atoms with Gasteiger partial charge < -0.3 is 15.2 Å². The Morgan fingerprint density at radius 3 is 2.56 bits per heavy atom. The maximum Gasteiger partial charge on any atom is 0.471 e. The van der Waals surface area contributed by atoms with Gasteiger partial charge in [-0.15, -0.1) is 0 Å². The highest BCUT2D eigenvalue weighted by atomic mass is 19.4. The minimum absolute atomic E-state index is 0.0450. The molecule has 1 unspecified atom stereocenters. The number of aryl methyl sites for hydroxylation is 1. The van der Waals surface area contributed by atoms with E-state index in [4.69, 9.17) is 5.73 Å². The number of primary amides is 1. The fraction of sp³-hybridized carbons (Fsp3) is 0.438. The molecule has 0 saturated heterocycles. The number of para-hydroxylation sites is 1. The molecule has 2 rings (SSSR count). The second-order valence-corrected chi connectivity index (χ2v) is 5.81. The number of rotatable bonds is 7. The molecular weight excluding hydrogens is 337 g/mol. The number of nitrogens with two attached hydrogens (primary N) is 1. The van der Waals surface area contributed by atoms with E-state index >= 15 is 0 Å². The van der Waals surface area contributed by atoms with Crippen LogP contribution in [0.4, 0.5) is 18.9 Å². The summed E-state index contributed by atoms with van der Waals surface area (Å²) in [7, 11) is 3.71. The molecule has 0 aliphatic heterocycles. The number of hydrogen-bond donors (Lipinski definition) is 1. The third kappa shape index (κ3) is 4.71. The summed E-state index contributed by atoms with van der Waals surface area (Å²) in [6.07, 6.45) is -3.73. The van der Waals surface area contributed by atoms with E-state index in [0.29, 0.717) is 12.8 Å². The van der Waals surface area contributed by atoms with Crippen LogP contribution in [-0.4, -0.2) is 30.1 Å². The lowest BCUT2D eigenvalue weighted by molar-refractivity contribution is -0.159. The average Bonchev–Trinajstić information content (AvgIpc) is 3.00. The Morgan fingerprint density at radius 2 is 2.00 bits per heavy atom. The van der Waals surface area contributed by atoms with Crippen LogP contribution in [0.1, 0.15) is 36.0 Å². The topological polar surface area (TPSA) is 85.2 Å². The zero-order valence-electron chi connectivity index (χ0n) is 13.9. The first-order chi connectivity index (χ1) is 11.7. The van der Waals surface area contributed by atoms with Crippen molar-refractivity contribution < 1.29 is 22.5 Å². The van der Waals surface area contributed by atoms with Crippen molar-refractivity contribution in [1.82, 2.24) is 10.1 Å². The number of anilines is 1. The number of amides is 1. The minimum Gasteiger partial charge on any atom is -0.377 e. The fourth-order valence-electron chi connectivity index (χ4n) is 2.58. The maximum absolute atomic E-state index is 12.4. The Labute approximate surface area is 142 Å². The third-order valence-electron chi connectivity index (χ3n) is 3.74. The molecule has 0 radical (unpaired) electrons. The summed E-state index contributed by atoms with van der Waals surface area (Å²) in [4.78, 5) is 17.0. The van der Waals surface area contributed by atoms with Gasteiger partial charge in [0.1, 0.15) is 0 Å². The summed E-state index contributed by atoms with van der Waals surface area (Å²) >= 11 is 0. The number of hydrogen-bond acceptors (Lipinski definition) is 5. The third-order valence-corrected chi connectivity index (χ3v) is 3.74. The summed E-state index contributed by atoms with van der Waals surface area (Å²) in [5, 5.41) is 3.31. The van der Waals surface area contributed by atoms with Gasteiger partial charge in [0.05, 0.1) is 5.92 Å². The SMILES string of the molecule is CN(C)c1ccccc1C(CCCc1noc(C(F)(F)F)n1)C(N)=O. The van der Waals surface area contributed by atoms with Gasteiger partial charge in [0.25, 0.3) is 0 Å². The molecule has 0 bridgehead atoms. The van der Waals surface area contributed by atoms with Crippen LogP contribution >= 0.6 is 0 Å². The normalized spacial score (nSPS) is 12.8. The van der Waals surface area contributed by atoms with Crippen molar-refractivity contribution in [2.75, 3.05) is 19.0 Å². The molecule has 0 aliphatic carbocycles. The van der Waals surface area contributed by atoms with Gasteiger partial charge in [0.2, 0.25) is 5.91 Å². The highest BCUT2D eigenvalue weighted by molar-refractivity contribution is 5.84. The number of carbonyl (C=O) groups is 1. The summed E-state index contributed by atoms with van der Waals surface area (Å²) in [6, 6.07) is 7.36. The molecule has 1 amide bonds. The van der Waals surface area contributed by atoms with Crippen LogP contribution in [0.2, 0.25) is 0 Å². The number of alkyl halides is 3. The van der Waals surface area contributed by atoms with Gasteiger partial charge in [0, 0.05) is 26.2 Å². The number of nitrogens with zero attached hydrogens (tertiary/aromatic N) is 3. The second-order valence-electron chi connectivity index (χ2n) is 5.81. The van der Waals surface area contributed by atoms with Crippen LogP contribution in [0.5, 0.6) is 0 Å². The lowest BCUT2D eigenvalue weighted by Gasteiger charge is -2.22. The number of halogens is 3. The van der Waals surface area contributed by atoms with Crippen LogP contribution in [-0.2, 0) is 17.4 Å². The largest absolute Gasteiger partial charge is 0.471 e. The van der Waals surface area contributed by atoms with Crippen LogP contribution in [0, 0.1) is 0 Å². The minimum atomic E-state index is -4.66. The molecule has 2 aromatic rings. The first-order valence-electron chi connectivity index (χ1n) is 7.65. The summed E-state index contributed by atoms with van der Waals surface area (Å²) in [5.74, 6) is -2.45. The summed E-state index contributed by atoms with van der Waals surface area (Å²) in [6.45, 7) is 0. The van der Waals surface area contributed by atoms with E-state index in [1.54, 1.807) is 0 Å². The van der Waals surface area contributed by atoms with E-state index < -0.39 is 23.9 Å². The molecule has 1 atom stereocenters. The lowest BCUT2D eigenvalue weighted by atomic mass is 9.91. The molecule has 9 heteroatoms.